The van der Waals surface area contributed by atoms with Gasteiger partial charge in [-0.1, -0.05) is 43.0 Å². The number of carbonyl (C=O) groups is 1. The van der Waals surface area contributed by atoms with Crippen molar-refractivity contribution in [3.63, 3.8) is 0 Å². The molecule has 1 unspecified atom stereocenters. The number of para-hydroxylation sites is 1. The van der Waals surface area contributed by atoms with E-state index in [2.05, 4.69) is 29.0 Å². The zero-order chi connectivity index (χ0) is 18.8. The third kappa shape index (κ3) is 3.22. The number of carbonyl (C=O) groups excluding carboxylic acids is 1. The topological polar surface area (TPSA) is 63.4 Å². The molecular weight excluding hydrogens is 340 g/mol. The number of aromatic nitrogens is 1. The predicted molar refractivity (Wildman–Crippen MR) is 105 cm³/mol. The summed E-state index contributed by atoms with van der Waals surface area (Å²) in [5.41, 5.74) is 4.38. The minimum absolute atomic E-state index is 0.131. The Morgan fingerprint density at radius 2 is 2.00 bits per heavy atom. The maximum Gasteiger partial charge on any atom is 0.323 e. The first-order chi connectivity index (χ1) is 13.2. The highest BCUT2D eigenvalue weighted by Gasteiger charge is 2.34. The zero-order valence-electron chi connectivity index (χ0n) is 15.2. The highest BCUT2D eigenvalue weighted by molar-refractivity contribution is 5.87. The molecule has 5 nitrogen and oxygen atoms in total. The van der Waals surface area contributed by atoms with E-state index in [9.17, 15) is 4.79 Å². The Morgan fingerprint density at radius 3 is 2.74 bits per heavy atom. The number of aromatic amines is 1. The van der Waals surface area contributed by atoms with Crippen molar-refractivity contribution in [3.05, 3.63) is 78.0 Å². The molecule has 2 heterocycles. The van der Waals surface area contributed by atoms with Crippen LogP contribution in [0, 0.1) is 0 Å². The third-order valence-corrected chi connectivity index (χ3v) is 4.99. The van der Waals surface area contributed by atoms with Crippen molar-refractivity contribution < 1.29 is 14.3 Å². The second-order valence-corrected chi connectivity index (χ2v) is 6.61. The van der Waals surface area contributed by atoms with Gasteiger partial charge in [0.2, 0.25) is 0 Å². The van der Waals surface area contributed by atoms with Crippen LogP contribution in [0.25, 0.3) is 10.9 Å². The van der Waals surface area contributed by atoms with Crippen LogP contribution in [0.4, 0.5) is 0 Å². The number of hydrogen-bond donors (Lipinski definition) is 2. The quantitative estimate of drug-likeness (QED) is 0.539. The van der Waals surface area contributed by atoms with Gasteiger partial charge >= 0.3 is 5.97 Å². The zero-order valence-corrected chi connectivity index (χ0v) is 15.2. The van der Waals surface area contributed by atoms with E-state index in [0.717, 1.165) is 33.5 Å². The number of esters is 1. The van der Waals surface area contributed by atoms with Gasteiger partial charge in [0.1, 0.15) is 18.4 Å². The van der Waals surface area contributed by atoms with Crippen LogP contribution in [0.2, 0.25) is 0 Å². The average Bonchev–Trinajstić information content (AvgIpc) is 3.10. The largest absolute Gasteiger partial charge is 0.497 e. The molecule has 2 atom stereocenters. The lowest BCUT2D eigenvalue weighted by molar-refractivity contribution is -0.145. The maximum absolute atomic E-state index is 12.5. The van der Waals surface area contributed by atoms with E-state index in [4.69, 9.17) is 9.47 Å². The molecule has 2 aromatic carbocycles. The Kier molecular flexibility index (Phi) is 4.69. The van der Waals surface area contributed by atoms with Crippen molar-refractivity contribution in [1.82, 2.24) is 10.3 Å². The minimum atomic E-state index is -0.413. The number of ether oxygens (including phenoxy) is 2. The molecule has 0 aliphatic carbocycles. The fourth-order valence-electron chi connectivity index (χ4n) is 3.69. The number of fused-ring (bicyclic) bond motifs is 3. The molecule has 0 amide bonds. The van der Waals surface area contributed by atoms with Crippen molar-refractivity contribution in [2.45, 2.75) is 18.5 Å². The van der Waals surface area contributed by atoms with Crippen molar-refractivity contribution in [2.75, 3.05) is 13.7 Å². The van der Waals surface area contributed by atoms with Crippen LogP contribution in [0.1, 0.15) is 22.9 Å². The molecule has 1 aliphatic rings. The van der Waals surface area contributed by atoms with E-state index in [1.54, 1.807) is 13.2 Å². The first-order valence-corrected chi connectivity index (χ1v) is 8.98. The van der Waals surface area contributed by atoms with Crippen LogP contribution in [0.3, 0.4) is 0 Å². The standard InChI is InChI=1S/C22H22N2O3/c1-3-12-27-22(25)19-13-17-16-6-4-5-7-18(16)23-21(17)20(24-19)14-8-10-15(26-2)11-9-14/h3-11,19-20,23-24H,1,12-13H2,2H3/t19-,20?/m0/s1. The molecule has 0 radical (unpaired) electrons. The maximum atomic E-state index is 12.5. The fraction of sp³-hybridized carbons (Fsp3) is 0.227. The highest BCUT2D eigenvalue weighted by Crippen LogP contribution is 2.35. The Labute approximate surface area is 158 Å². The molecule has 4 rings (SSSR count). The summed E-state index contributed by atoms with van der Waals surface area (Å²) in [4.78, 5) is 16.1. The number of hydrogen-bond acceptors (Lipinski definition) is 4. The summed E-state index contributed by atoms with van der Waals surface area (Å²) in [6.45, 7) is 3.82. The second-order valence-electron chi connectivity index (χ2n) is 6.61. The van der Waals surface area contributed by atoms with Gasteiger partial charge in [0.05, 0.1) is 13.2 Å². The molecule has 138 valence electrons. The number of rotatable bonds is 5. The van der Waals surface area contributed by atoms with E-state index in [-0.39, 0.29) is 18.6 Å². The number of nitrogens with one attached hydrogen (secondary N) is 2. The highest BCUT2D eigenvalue weighted by atomic mass is 16.5. The van der Waals surface area contributed by atoms with Crippen LogP contribution >= 0.6 is 0 Å². The van der Waals surface area contributed by atoms with Crippen LogP contribution in [0.15, 0.2) is 61.2 Å². The van der Waals surface area contributed by atoms with Crippen molar-refractivity contribution >= 4 is 16.9 Å². The van der Waals surface area contributed by atoms with E-state index in [0.29, 0.717) is 6.42 Å². The van der Waals surface area contributed by atoms with Gasteiger partial charge in [-0.2, -0.15) is 0 Å². The van der Waals surface area contributed by atoms with E-state index in [1.165, 1.54) is 0 Å². The molecule has 0 spiro atoms. The normalized spacial score (nSPS) is 18.7. The smallest absolute Gasteiger partial charge is 0.323 e. The molecule has 5 heteroatoms. The van der Waals surface area contributed by atoms with Crippen molar-refractivity contribution in [2.24, 2.45) is 0 Å². The Morgan fingerprint density at radius 1 is 1.22 bits per heavy atom. The van der Waals surface area contributed by atoms with Gasteiger partial charge in [-0.3, -0.25) is 10.1 Å². The van der Waals surface area contributed by atoms with Gasteiger partial charge in [0.15, 0.2) is 0 Å². The molecule has 0 bridgehead atoms. The summed E-state index contributed by atoms with van der Waals surface area (Å²) in [6.07, 6.45) is 2.17. The summed E-state index contributed by atoms with van der Waals surface area (Å²) in [6, 6.07) is 15.5. The Hall–Kier alpha value is -3.05. The number of H-pyrrole nitrogens is 1. The summed E-state index contributed by atoms with van der Waals surface area (Å²) >= 11 is 0. The van der Waals surface area contributed by atoms with Crippen LogP contribution in [-0.4, -0.2) is 30.7 Å². The SMILES string of the molecule is C=CCOC(=O)[C@@H]1Cc2c([nH]c3ccccc23)C(c2ccc(OC)cc2)N1. The molecule has 0 saturated carbocycles. The first kappa shape index (κ1) is 17.4. The molecule has 3 aromatic rings. The molecule has 1 aromatic heterocycles. The molecular formula is C22H22N2O3. The fourth-order valence-corrected chi connectivity index (χ4v) is 3.69. The molecule has 1 aliphatic heterocycles. The lowest BCUT2D eigenvalue weighted by Crippen LogP contribution is -2.45. The van der Waals surface area contributed by atoms with E-state index < -0.39 is 6.04 Å². The lowest BCUT2D eigenvalue weighted by atomic mass is 9.90. The van der Waals surface area contributed by atoms with Gasteiger partial charge in [-0.05, 0) is 29.3 Å². The summed E-state index contributed by atoms with van der Waals surface area (Å²) in [5, 5.41) is 4.60. The van der Waals surface area contributed by atoms with Gasteiger partial charge in [-0.15, -0.1) is 0 Å². The predicted octanol–water partition coefficient (Wildman–Crippen LogP) is 3.51. The Bertz CT molecular complexity index is 975. The van der Waals surface area contributed by atoms with E-state index >= 15 is 0 Å². The number of benzene rings is 2. The van der Waals surface area contributed by atoms with Crippen LogP contribution in [0.5, 0.6) is 5.75 Å². The molecule has 27 heavy (non-hydrogen) atoms. The molecule has 2 N–H and O–H groups in total. The first-order valence-electron chi connectivity index (χ1n) is 8.98. The molecule has 0 saturated heterocycles. The van der Waals surface area contributed by atoms with Crippen LogP contribution < -0.4 is 10.1 Å². The van der Waals surface area contributed by atoms with E-state index in [1.807, 2.05) is 36.4 Å². The average molecular weight is 362 g/mol. The monoisotopic (exact) mass is 362 g/mol. The summed E-state index contributed by atoms with van der Waals surface area (Å²) in [5.74, 6) is 0.540. The molecule has 0 fully saturated rings. The Balaban J connectivity index is 1.76. The van der Waals surface area contributed by atoms with Gasteiger partial charge in [0.25, 0.3) is 0 Å². The van der Waals surface area contributed by atoms with Crippen molar-refractivity contribution in [1.29, 1.82) is 0 Å². The second kappa shape index (κ2) is 7.29. The van der Waals surface area contributed by atoms with Gasteiger partial charge < -0.3 is 14.5 Å². The van der Waals surface area contributed by atoms with Crippen molar-refractivity contribution in [3.8, 4) is 5.75 Å². The van der Waals surface area contributed by atoms with Gasteiger partial charge in [0, 0.05) is 23.0 Å². The van der Waals surface area contributed by atoms with Crippen LogP contribution in [-0.2, 0) is 16.0 Å². The summed E-state index contributed by atoms with van der Waals surface area (Å²) < 4.78 is 10.6. The minimum Gasteiger partial charge on any atom is -0.497 e. The van der Waals surface area contributed by atoms with Gasteiger partial charge in [-0.25, -0.2) is 0 Å². The summed E-state index contributed by atoms with van der Waals surface area (Å²) in [7, 11) is 1.65. The number of methoxy groups -OCH3 is 1. The third-order valence-electron chi connectivity index (χ3n) is 4.99. The lowest BCUT2D eigenvalue weighted by Gasteiger charge is -2.30.